The minimum Gasteiger partial charge on any atom is -0.466 e. The summed E-state index contributed by atoms with van der Waals surface area (Å²) in [6.45, 7) is 4.98. The molecular weight excluding hydrogens is 851 g/mol. The van der Waals surface area contributed by atoms with E-state index in [0.29, 0.717) is 25.9 Å². The first-order chi connectivity index (χ1) is 34.0. The fourth-order valence-corrected chi connectivity index (χ4v) is 10.3. The van der Waals surface area contributed by atoms with Gasteiger partial charge in [0.05, 0.1) is 25.4 Å². The first kappa shape index (κ1) is 67.9. The van der Waals surface area contributed by atoms with Crippen LogP contribution in [0.15, 0.2) is 0 Å². The summed E-state index contributed by atoms with van der Waals surface area (Å²) in [6.07, 6.45) is 69.8. The maximum Gasteiger partial charge on any atom is 0.305 e. The lowest BCUT2D eigenvalue weighted by Gasteiger charge is -2.22. The van der Waals surface area contributed by atoms with E-state index in [0.717, 1.165) is 38.5 Å². The van der Waals surface area contributed by atoms with E-state index in [1.54, 1.807) is 0 Å². The molecule has 1 amide bonds. The number of rotatable bonds is 60. The highest BCUT2D eigenvalue weighted by Crippen LogP contribution is 2.19. The van der Waals surface area contributed by atoms with Gasteiger partial charge in [-0.2, -0.15) is 0 Å². The van der Waals surface area contributed by atoms with Crippen molar-refractivity contribution < 1.29 is 24.5 Å². The minimum atomic E-state index is -0.661. The second-order valence-corrected chi connectivity index (χ2v) is 22.1. The van der Waals surface area contributed by atoms with Crippen LogP contribution in [0.1, 0.15) is 367 Å². The van der Waals surface area contributed by atoms with Crippen LogP contribution in [-0.4, -0.2) is 47.4 Å². The molecule has 6 nitrogen and oxygen atoms in total. The number of esters is 1. The third-order valence-corrected chi connectivity index (χ3v) is 15.2. The highest BCUT2D eigenvalue weighted by atomic mass is 16.5. The number of ether oxygens (including phenoxy) is 1. The molecule has 0 aromatic rings. The number of carbonyl (C=O) groups is 2. The molecule has 2 atom stereocenters. The van der Waals surface area contributed by atoms with Crippen LogP contribution < -0.4 is 5.32 Å². The van der Waals surface area contributed by atoms with Crippen LogP contribution >= 0.6 is 0 Å². The number of nitrogens with one attached hydrogen (secondary N) is 1. The highest BCUT2D eigenvalue weighted by molar-refractivity contribution is 5.76. The Labute approximate surface area is 432 Å². The summed E-state index contributed by atoms with van der Waals surface area (Å²) in [5, 5.41) is 23.3. The van der Waals surface area contributed by atoms with Crippen molar-refractivity contribution in [1.29, 1.82) is 0 Å². The predicted molar refractivity (Wildman–Crippen MR) is 301 cm³/mol. The van der Waals surface area contributed by atoms with E-state index in [2.05, 4.69) is 19.2 Å². The number of unbranched alkanes of at least 4 members (excludes halogenated alkanes) is 49. The molecule has 412 valence electrons. The maximum atomic E-state index is 12.5. The molecule has 0 heterocycles. The molecule has 0 aliphatic rings. The van der Waals surface area contributed by atoms with E-state index < -0.39 is 12.1 Å². The van der Waals surface area contributed by atoms with Gasteiger partial charge in [-0.05, 0) is 25.7 Å². The molecule has 0 aromatic carbocycles. The van der Waals surface area contributed by atoms with Crippen molar-refractivity contribution in [1.82, 2.24) is 5.32 Å². The van der Waals surface area contributed by atoms with Gasteiger partial charge < -0.3 is 20.3 Å². The molecule has 0 fully saturated rings. The Bertz CT molecular complexity index is 990. The van der Waals surface area contributed by atoms with E-state index in [1.165, 1.54) is 295 Å². The molecular formula is C63H125NO5. The second-order valence-electron chi connectivity index (χ2n) is 22.1. The van der Waals surface area contributed by atoms with Crippen LogP contribution in [0.2, 0.25) is 0 Å². The first-order valence-electron chi connectivity index (χ1n) is 31.8. The number of aliphatic hydroxyl groups excluding tert-OH is 2. The van der Waals surface area contributed by atoms with Gasteiger partial charge in [0.25, 0.3) is 0 Å². The molecule has 0 saturated heterocycles. The summed E-state index contributed by atoms with van der Waals surface area (Å²) in [5.41, 5.74) is 0. The van der Waals surface area contributed by atoms with Crippen molar-refractivity contribution >= 4 is 11.9 Å². The molecule has 6 heteroatoms. The fourth-order valence-electron chi connectivity index (χ4n) is 10.3. The molecule has 0 aliphatic heterocycles. The van der Waals surface area contributed by atoms with Crippen LogP contribution in [-0.2, 0) is 14.3 Å². The van der Waals surface area contributed by atoms with Gasteiger partial charge in [-0.3, -0.25) is 9.59 Å². The van der Waals surface area contributed by atoms with Crippen LogP contribution in [0.3, 0.4) is 0 Å². The zero-order valence-electron chi connectivity index (χ0n) is 47.1. The van der Waals surface area contributed by atoms with Gasteiger partial charge in [-0.15, -0.1) is 0 Å². The topological polar surface area (TPSA) is 95.9 Å². The fraction of sp³-hybridized carbons (Fsp3) is 0.968. The number of amides is 1. The molecule has 0 rings (SSSR count). The van der Waals surface area contributed by atoms with Gasteiger partial charge in [0.15, 0.2) is 0 Å². The van der Waals surface area contributed by atoms with Crippen LogP contribution in [0.25, 0.3) is 0 Å². The Morgan fingerprint density at radius 1 is 0.348 bits per heavy atom. The lowest BCUT2D eigenvalue weighted by atomic mass is 10.0. The lowest BCUT2D eigenvalue weighted by Crippen LogP contribution is -2.45. The number of hydrogen-bond donors (Lipinski definition) is 3. The zero-order valence-corrected chi connectivity index (χ0v) is 47.1. The normalized spacial score (nSPS) is 12.5. The maximum absolute atomic E-state index is 12.5. The standard InChI is InChI=1S/C63H125NO5/c1-3-5-7-9-11-13-15-17-32-35-39-43-47-51-55-61(66)60(59-65)64-62(67)56-52-48-44-40-36-33-29-27-25-23-21-19-18-20-22-24-26-28-30-34-38-42-46-50-54-58-69-63(68)57-53-49-45-41-37-31-16-14-12-10-8-6-4-2/h60-61,65-66H,3-59H2,1-2H3,(H,64,67). The van der Waals surface area contributed by atoms with Crippen LogP contribution in [0.5, 0.6) is 0 Å². The lowest BCUT2D eigenvalue weighted by molar-refractivity contribution is -0.143. The highest BCUT2D eigenvalue weighted by Gasteiger charge is 2.20. The summed E-state index contributed by atoms with van der Waals surface area (Å²) >= 11 is 0. The Morgan fingerprint density at radius 2 is 0.594 bits per heavy atom. The van der Waals surface area contributed by atoms with Gasteiger partial charge >= 0.3 is 5.97 Å². The van der Waals surface area contributed by atoms with Gasteiger partial charge in [-0.1, -0.05) is 328 Å². The number of aliphatic hydroxyl groups is 2. The van der Waals surface area contributed by atoms with Crippen molar-refractivity contribution in [3.63, 3.8) is 0 Å². The smallest absolute Gasteiger partial charge is 0.305 e. The predicted octanol–water partition coefficient (Wildman–Crippen LogP) is 19.9. The average Bonchev–Trinajstić information content (AvgIpc) is 3.35. The van der Waals surface area contributed by atoms with E-state index in [4.69, 9.17) is 4.74 Å². The molecule has 2 unspecified atom stereocenters. The van der Waals surface area contributed by atoms with Crippen LogP contribution in [0, 0.1) is 0 Å². The summed E-state index contributed by atoms with van der Waals surface area (Å²) in [7, 11) is 0. The summed E-state index contributed by atoms with van der Waals surface area (Å²) < 4.78 is 5.48. The summed E-state index contributed by atoms with van der Waals surface area (Å²) in [6, 6.07) is -0.538. The molecule has 0 aliphatic carbocycles. The van der Waals surface area contributed by atoms with Crippen molar-refractivity contribution in [2.75, 3.05) is 13.2 Å². The molecule has 69 heavy (non-hydrogen) atoms. The third-order valence-electron chi connectivity index (χ3n) is 15.2. The molecule has 0 saturated carbocycles. The van der Waals surface area contributed by atoms with Crippen LogP contribution in [0.4, 0.5) is 0 Å². The summed E-state index contributed by atoms with van der Waals surface area (Å²) in [4.78, 5) is 24.5. The number of hydrogen-bond acceptors (Lipinski definition) is 5. The zero-order chi connectivity index (χ0) is 50.0. The molecule has 0 spiro atoms. The van der Waals surface area contributed by atoms with E-state index in [9.17, 15) is 19.8 Å². The second kappa shape index (κ2) is 59.4. The Morgan fingerprint density at radius 3 is 0.884 bits per heavy atom. The first-order valence-corrected chi connectivity index (χ1v) is 31.8. The van der Waals surface area contributed by atoms with Crippen molar-refractivity contribution in [3.05, 3.63) is 0 Å². The largest absolute Gasteiger partial charge is 0.466 e. The van der Waals surface area contributed by atoms with E-state index in [-0.39, 0.29) is 18.5 Å². The van der Waals surface area contributed by atoms with E-state index >= 15 is 0 Å². The molecule has 0 radical (unpaired) electrons. The quantitative estimate of drug-likeness (QED) is 0.0417. The van der Waals surface area contributed by atoms with Gasteiger partial charge in [0.2, 0.25) is 5.91 Å². The van der Waals surface area contributed by atoms with Crippen molar-refractivity contribution in [2.45, 2.75) is 379 Å². The Kier molecular flexibility index (Phi) is 58.4. The summed E-state index contributed by atoms with van der Waals surface area (Å²) in [5.74, 6) is -0.0115. The Hall–Kier alpha value is -1.14. The van der Waals surface area contributed by atoms with Crippen molar-refractivity contribution in [3.8, 4) is 0 Å². The van der Waals surface area contributed by atoms with Gasteiger partial charge in [0.1, 0.15) is 0 Å². The average molecular weight is 977 g/mol. The minimum absolute atomic E-state index is 0.0189. The molecule has 0 bridgehead atoms. The third kappa shape index (κ3) is 56.0. The van der Waals surface area contributed by atoms with Crippen molar-refractivity contribution in [2.24, 2.45) is 0 Å². The Balaban J connectivity index is 3.33. The molecule has 3 N–H and O–H groups in total. The monoisotopic (exact) mass is 976 g/mol. The number of carbonyl (C=O) groups excluding carboxylic acids is 2. The van der Waals surface area contributed by atoms with Gasteiger partial charge in [0, 0.05) is 12.8 Å². The molecule has 0 aromatic heterocycles. The SMILES string of the molecule is CCCCCCCCCCCCCCCCC(O)C(CO)NC(=O)CCCCCCCCCCCCCCCCCCCCCCCCCCCOC(=O)CCCCCCCCCCCCCCC. The van der Waals surface area contributed by atoms with E-state index in [1.807, 2.05) is 0 Å². The van der Waals surface area contributed by atoms with Gasteiger partial charge in [-0.25, -0.2) is 0 Å².